The largest absolute Gasteiger partial charge is 0.480 e. The summed E-state index contributed by atoms with van der Waals surface area (Å²) >= 11 is 0. The van der Waals surface area contributed by atoms with Gasteiger partial charge >= 0.3 is 5.97 Å². The summed E-state index contributed by atoms with van der Waals surface area (Å²) in [5.74, 6) is -0.0824. The Morgan fingerprint density at radius 2 is 1.79 bits per heavy atom. The summed E-state index contributed by atoms with van der Waals surface area (Å²) in [6.07, 6.45) is 3.96. The van der Waals surface area contributed by atoms with Crippen LogP contribution in [-0.4, -0.2) is 67.5 Å². The summed E-state index contributed by atoms with van der Waals surface area (Å²) in [7, 11) is -2.88. The molecule has 2 N–H and O–H groups in total. The maximum absolute atomic E-state index is 12.5. The molecule has 0 aromatic rings. The van der Waals surface area contributed by atoms with Gasteiger partial charge in [-0.15, -0.1) is 0 Å². The van der Waals surface area contributed by atoms with Crippen LogP contribution in [-0.2, 0) is 19.4 Å². The number of nitrogens with zero attached hydrogens (tertiary/aromatic N) is 1. The third kappa shape index (κ3) is 3.91. The van der Waals surface area contributed by atoms with Gasteiger partial charge in [0.25, 0.3) is 0 Å². The number of sulfone groups is 1. The van der Waals surface area contributed by atoms with Crippen LogP contribution in [0.5, 0.6) is 0 Å². The van der Waals surface area contributed by atoms with Gasteiger partial charge in [-0.1, -0.05) is 0 Å². The van der Waals surface area contributed by atoms with E-state index in [1.807, 2.05) is 4.90 Å². The minimum Gasteiger partial charge on any atom is -0.480 e. The second-order valence-corrected chi connectivity index (χ2v) is 9.96. The molecule has 24 heavy (non-hydrogen) atoms. The van der Waals surface area contributed by atoms with Crippen LogP contribution in [0, 0.1) is 11.3 Å². The van der Waals surface area contributed by atoms with Crippen LogP contribution in [0.2, 0.25) is 0 Å². The van der Waals surface area contributed by atoms with Crippen molar-refractivity contribution in [2.75, 3.05) is 31.1 Å². The van der Waals surface area contributed by atoms with Gasteiger partial charge in [-0.2, -0.15) is 0 Å². The fraction of sp³-hybridized carbons (Fsp3) is 0.875. The molecule has 0 bridgehead atoms. The first-order chi connectivity index (χ1) is 11.3. The van der Waals surface area contributed by atoms with Crippen molar-refractivity contribution in [3.63, 3.8) is 0 Å². The Kier molecular flexibility index (Phi) is 4.88. The van der Waals surface area contributed by atoms with E-state index in [-0.39, 0.29) is 28.7 Å². The zero-order valence-electron chi connectivity index (χ0n) is 13.9. The lowest BCUT2D eigenvalue weighted by molar-refractivity contribution is -0.140. The molecule has 3 heterocycles. The molecule has 1 atom stereocenters. The molecule has 136 valence electrons. The molecule has 8 heteroatoms. The van der Waals surface area contributed by atoms with Crippen LogP contribution in [0.3, 0.4) is 0 Å². The molecule has 3 saturated heterocycles. The van der Waals surface area contributed by atoms with Crippen molar-refractivity contribution in [3.05, 3.63) is 0 Å². The average Bonchev–Trinajstić information content (AvgIpc) is 2.94. The molecule has 0 aliphatic carbocycles. The van der Waals surface area contributed by atoms with Gasteiger partial charge in [0.05, 0.1) is 11.5 Å². The van der Waals surface area contributed by atoms with Crippen molar-refractivity contribution in [2.45, 2.75) is 44.6 Å². The molecule has 0 unspecified atom stereocenters. The summed E-state index contributed by atoms with van der Waals surface area (Å²) < 4.78 is 22.9. The smallest absolute Gasteiger partial charge is 0.320 e. The predicted octanol–water partition coefficient (Wildman–Crippen LogP) is 0.257. The van der Waals surface area contributed by atoms with Gasteiger partial charge in [-0.3, -0.25) is 9.59 Å². The number of carbonyl (C=O) groups excluding carboxylic acids is 1. The Hall–Kier alpha value is -1.15. The van der Waals surface area contributed by atoms with E-state index in [9.17, 15) is 18.0 Å². The van der Waals surface area contributed by atoms with Gasteiger partial charge in [0, 0.05) is 26.1 Å². The second-order valence-electron chi connectivity index (χ2n) is 7.66. The molecule has 3 rings (SSSR count). The van der Waals surface area contributed by atoms with Gasteiger partial charge in [-0.05, 0) is 43.4 Å². The molecule has 0 radical (unpaired) electrons. The van der Waals surface area contributed by atoms with E-state index in [2.05, 4.69) is 5.32 Å². The Bertz CT molecular complexity index is 596. The molecule has 0 aromatic carbocycles. The number of rotatable bonds is 3. The zero-order chi connectivity index (χ0) is 17.4. The third-order valence-corrected chi connectivity index (χ3v) is 7.69. The van der Waals surface area contributed by atoms with Gasteiger partial charge in [0.1, 0.15) is 15.9 Å². The molecule has 0 saturated carbocycles. The fourth-order valence-corrected chi connectivity index (χ4v) is 5.81. The van der Waals surface area contributed by atoms with E-state index in [0.717, 1.165) is 12.8 Å². The van der Waals surface area contributed by atoms with E-state index < -0.39 is 21.8 Å². The summed E-state index contributed by atoms with van der Waals surface area (Å²) in [6, 6.07) is -0.462. The van der Waals surface area contributed by atoms with Gasteiger partial charge < -0.3 is 15.3 Å². The molecule has 1 amide bonds. The number of amides is 1. The maximum atomic E-state index is 12.5. The summed E-state index contributed by atoms with van der Waals surface area (Å²) in [4.78, 5) is 25.4. The van der Waals surface area contributed by atoms with E-state index >= 15 is 0 Å². The lowest BCUT2D eigenvalue weighted by Crippen LogP contribution is -2.44. The molecular weight excluding hydrogens is 332 g/mol. The van der Waals surface area contributed by atoms with Crippen LogP contribution in [0.15, 0.2) is 0 Å². The number of hydrogen-bond donors (Lipinski definition) is 2. The highest BCUT2D eigenvalue weighted by molar-refractivity contribution is 7.91. The highest BCUT2D eigenvalue weighted by atomic mass is 32.2. The number of likely N-dealkylation sites (tertiary alicyclic amines) is 1. The van der Waals surface area contributed by atoms with E-state index in [0.29, 0.717) is 45.3 Å². The number of aliphatic carboxylic acids is 1. The topological polar surface area (TPSA) is 104 Å². The van der Waals surface area contributed by atoms with Crippen molar-refractivity contribution in [1.82, 2.24) is 10.2 Å². The molecule has 0 aromatic heterocycles. The average molecular weight is 358 g/mol. The monoisotopic (exact) mass is 358 g/mol. The minimum absolute atomic E-state index is 0.0127. The van der Waals surface area contributed by atoms with Gasteiger partial charge in [0.2, 0.25) is 5.91 Å². The van der Waals surface area contributed by atoms with Crippen LogP contribution in [0.4, 0.5) is 0 Å². The van der Waals surface area contributed by atoms with Crippen molar-refractivity contribution in [3.8, 4) is 0 Å². The summed E-state index contributed by atoms with van der Waals surface area (Å²) in [6.45, 7) is 2.07. The van der Waals surface area contributed by atoms with E-state index in [1.54, 1.807) is 0 Å². The normalized spacial score (nSPS) is 29.7. The highest BCUT2D eigenvalue weighted by Gasteiger charge is 2.44. The van der Waals surface area contributed by atoms with Gasteiger partial charge in [-0.25, -0.2) is 8.42 Å². The molecule has 7 nitrogen and oxygen atoms in total. The van der Waals surface area contributed by atoms with Gasteiger partial charge in [0.15, 0.2) is 0 Å². The molecule has 1 spiro atoms. The number of carboxylic acids is 1. The van der Waals surface area contributed by atoms with Crippen molar-refractivity contribution in [1.29, 1.82) is 0 Å². The Morgan fingerprint density at radius 1 is 1.17 bits per heavy atom. The standard InChI is InChI=1S/C16H26N2O5S/c19-14(9-12-1-7-24(22,23)8-2-12)18-5-3-16(4-6-18)10-13(15(20)21)17-11-16/h12-13,17H,1-11H2,(H,20,21)/t13-/m0/s1. The second kappa shape index (κ2) is 6.63. The van der Waals surface area contributed by atoms with Crippen LogP contribution in [0.1, 0.15) is 38.5 Å². The third-order valence-electron chi connectivity index (χ3n) is 5.97. The zero-order valence-corrected chi connectivity index (χ0v) is 14.7. The highest BCUT2D eigenvalue weighted by Crippen LogP contribution is 2.39. The maximum Gasteiger partial charge on any atom is 0.320 e. The van der Waals surface area contributed by atoms with Crippen molar-refractivity contribution < 1.29 is 23.1 Å². The SMILES string of the molecule is O=C(O)[C@@H]1CC2(CCN(C(=O)CC3CCS(=O)(=O)CC3)CC2)CN1. The number of hydrogen-bond acceptors (Lipinski definition) is 5. The number of nitrogens with one attached hydrogen (secondary N) is 1. The van der Waals surface area contributed by atoms with Crippen molar-refractivity contribution in [2.24, 2.45) is 11.3 Å². The summed E-state index contributed by atoms with van der Waals surface area (Å²) in [5.41, 5.74) is 0.0127. The number of carbonyl (C=O) groups is 2. The first-order valence-corrected chi connectivity index (χ1v) is 10.6. The lowest BCUT2D eigenvalue weighted by atomic mass is 9.76. The Balaban J connectivity index is 1.47. The number of piperidine rings is 1. The number of carboxylic acid groups (broad SMARTS) is 1. The van der Waals surface area contributed by atoms with E-state index in [1.165, 1.54) is 0 Å². The molecular formula is C16H26N2O5S. The lowest BCUT2D eigenvalue weighted by Gasteiger charge is -2.39. The Labute approximate surface area is 142 Å². The molecule has 3 aliphatic rings. The molecule has 3 fully saturated rings. The predicted molar refractivity (Wildman–Crippen MR) is 88.3 cm³/mol. The summed E-state index contributed by atoms with van der Waals surface area (Å²) in [5, 5.41) is 12.2. The quantitative estimate of drug-likeness (QED) is 0.750. The fourth-order valence-electron chi connectivity index (χ4n) is 4.22. The van der Waals surface area contributed by atoms with E-state index in [4.69, 9.17) is 5.11 Å². The first-order valence-electron chi connectivity index (χ1n) is 8.73. The van der Waals surface area contributed by atoms with Crippen molar-refractivity contribution >= 4 is 21.7 Å². The van der Waals surface area contributed by atoms with Crippen LogP contribution >= 0.6 is 0 Å². The minimum atomic E-state index is -2.88. The molecule has 3 aliphatic heterocycles. The first kappa shape index (κ1) is 17.7. The Morgan fingerprint density at radius 3 is 2.33 bits per heavy atom. The van der Waals surface area contributed by atoms with Crippen LogP contribution < -0.4 is 5.32 Å². The van der Waals surface area contributed by atoms with Crippen LogP contribution in [0.25, 0.3) is 0 Å².